The van der Waals surface area contributed by atoms with Crippen molar-refractivity contribution in [2.24, 2.45) is 0 Å². The van der Waals surface area contributed by atoms with Crippen LogP contribution in [-0.4, -0.2) is 22.4 Å². The summed E-state index contributed by atoms with van der Waals surface area (Å²) in [6.45, 7) is 4.86. The Morgan fingerprint density at radius 2 is 2.43 bits per heavy atom. The Bertz CT molecular complexity index is 371. The Labute approximate surface area is 82.9 Å². The smallest absolute Gasteiger partial charge is 0.384 e. The van der Waals surface area contributed by atoms with Gasteiger partial charge in [0, 0.05) is 18.7 Å². The number of carbonyl (C=O) groups is 1. The standard InChI is InChI=1S/C10H12N2O2/c1-3-12-8-7-9(11-12)5-6-10(13)14-4-2/h7-8H,3-4H2,1-2H3. The van der Waals surface area contributed by atoms with Crippen LogP contribution < -0.4 is 0 Å². The molecule has 1 aromatic rings. The molecule has 0 aliphatic heterocycles. The zero-order valence-electron chi connectivity index (χ0n) is 8.28. The highest BCUT2D eigenvalue weighted by molar-refractivity contribution is 5.88. The van der Waals surface area contributed by atoms with Gasteiger partial charge in [-0.15, -0.1) is 0 Å². The van der Waals surface area contributed by atoms with E-state index in [1.165, 1.54) is 0 Å². The third-order valence-corrected chi connectivity index (χ3v) is 1.53. The summed E-state index contributed by atoms with van der Waals surface area (Å²) in [6, 6.07) is 1.76. The van der Waals surface area contributed by atoms with Crippen molar-refractivity contribution in [3.8, 4) is 11.8 Å². The van der Waals surface area contributed by atoms with Gasteiger partial charge in [0.15, 0.2) is 0 Å². The van der Waals surface area contributed by atoms with E-state index in [4.69, 9.17) is 0 Å². The molecule has 0 amide bonds. The normalized spacial score (nSPS) is 9.00. The Morgan fingerprint density at radius 3 is 3.00 bits per heavy atom. The molecule has 0 radical (unpaired) electrons. The second-order valence-electron chi connectivity index (χ2n) is 2.53. The van der Waals surface area contributed by atoms with E-state index in [1.807, 2.05) is 13.1 Å². The van der Waals surface area contributed by atoms with Crippen molar-refractivity contribution < 1.29 is 9.53 Å². The third-order valence-electron chi connectivity index (χ3n) is 1.53. The van der Waals surface area contributed by atoms with Crippen LogP contribution in [-0.2, 0) is 16.1 Å². The highest BCUT2D eigenvalue weighted by atomic mass is 16.5. The lowest BCUT2D eigenvalue weighted by atomic mass is 10.4. The predicted molar refractivity (Wildman–Crippen MR) is 51.4 cm³/mol. The van der Waals surface area contributed by atoms with E-state index in [0.717, 1.165) is 6.54 Å². The van der Waals surface area contributed by atoms with Crippen molar-refractivity contribution in [1.82, 2.24) is 9.78 Å². The van der Waals surface area contributed by atoms with E-state index in [-0.39, 0.29) is 0 Å². The van der Waals surface area contributed by atoms with Crippen molar-refractivity contribution >= 4 is 5.97 Å². The molecule has 0 aliphatic carbocycles. The number of rotatable bonds is 2. The summed E-state index contributed by atoms with van der Waals surface area (Å²) >= 11 is 0. The first-order valence-corrected chi connectivity index (χ1v) is 4.48. The Kier molecular flexibility index (Phi) is 3.74. The maximum Gasteiger partial charge on any atom is 0.384 e. The van der Waals surface area contributed by atoms with Crippen molar-refractivity contribution in [3.63, 3.8) is 0 Å². The molecule has 0 aliphatic rings. The molecule has 1 aromatic heterocycles. The molecule has 0 spiro atoms. The fourth-order valence-electron chi connectivity index (χ4n) is 0.887. The summed E-state index contributed by atoms with van der Waals surface area (Å²) in [5.41, 5.74) is 0.583. The van der Waals surface area contributed by atoms with Crippen molar-refractivity contribution in [1.29, 1.82) is 0 Å². The first-order valence-electron chi connectivity index (χ1n) is 4.48. The monoisotopic (exact) mass is 192 g/mol. The molecule has 0 fully saturated rings. The van der Waals surface area contributed by atoms with Gasteiger partial charge in [-0.3, -0.25) is 4.68 Å². The average molecular weight is 192 g/mol. The van der Waals surface area contributed by atoms with Crippen molar-refractivity contribution in [2.45, 2.75) is 20.4 Å². The number of hydrogen-bond acceptors (Lipinski definition) is 3. The molecule has 14 heavy (non-hydrogen) atoms. The summed E-state index contributed by atoms with van der Waals surface area (Å²) in [5.74, 6) is 4.46. The summed E-state index contributed by atoms with van der Waals surface area (Å²) in [6.07, 6.45) is 1.81. The van der Waals surface area contributed by atoms with Crippen LogP contribution in [0.4, 0.5) is 0 Å². The minimum atomic E-state index is -0.515. The molecule has 0 N–H and O–H groups in total. The largest absolute Gasteiger partial charge is 0.456 e. The summed E-state index contributed by atoms with van der Waals surface area (Å²) in [4.78, 5) is 10.9. The van der Waals surface area contributed by atoms with Gasteiger partial charge in [0.2, 0.25) is 0 Å². The summed E-state index contributed by atoms with van der Waals surface area (Å²) in [5, 5.41) is 4.10. The molecule has 4 heteroatoms. The van der Waals surface area contributed by atoms with Gasteiger partial charge in [-0.05, 0) is 25.8 Å². The summed E-state index contributed by atoms with van der Waals surface area (Å²) < 4.78 is 6.39. The third kappa shape index (κ3) is 2.94. The number of nitrogens with zero attached hydrogens (tertiary/aromatic N) is 2. The van der Waals surface area contributed by atoms with Gasteiger partial charge in [-0.1, -0.05) is 0 Å². The average Bonchev–Trinajstić information content (AvgIpc) is 2.63. The predicted octanol–water partition coefficient (Wildman–Crippen LogP) is 0.818. The number of hydrogen-bond donors (Lipinski definition) is 0. The highest BCUT2D eigenvalue weighted by Gasteiger charge is 1.95. The lowest BCUT2D eigenvalue weighted by Gasteiger charge is -1.90. The zero-order valence-corrected chi connectivity index (χ0v) is 8.28. The van der Waals surface area contributed by atoms with Gasteiger partial charge in [-0.2, -0.15) is 5.10 Å². The SMILES string of the molecule is CCOC(=O)C#Cc1ccn(CC)n1. The molecule has 0 aromatic carbocycles. The van der Waals surface area contributed by atoms with Crippen LogP contribution in [0.1, 0.15) is 19.5 Å². The minimum Gasteiger partial charge on any atom is -0.456 e. The molecule has 0 unspecified atom stereocenters. The van der Waals surface area contributed by atoms with Crippen LogP contribution in [0.25, 0.3) is 0 Å². The summed E-state index contributed by atoms with van der Waals surface area (Å²) in [7, 11) is 0. The van der Waals surface area contributed by atoms with Gasteiger partial charge in [-0.25, -0.2) is 4.79 Å². The van der Waals surface area contributed by atoms with Crippen LogP contribution in [0, 0.1) is 11.8 Å². The Hall–Kier alpha value is -1.76. The topological polar surface area (TPSA) is 44.1 Å². The number of aryl methyl sites for hydroxylation is 1. The van der Waals surface area contributed by atoms with Crippen LogP contribution in [0.2, 0.25) is 0 Å². The maximum absolute atomic E-state index is 10.9. The van der Waals surface area contributed by atoms with E-state index in [1.54, 1.807) is 17.7 Å². The molecule has 0 bridgehead atoms. The van der Waals surface area contributed by atoms with E-state index in [0.29, 0.717) is 12.3 Å². The molecule has 0 saturated heterocycles. The van der Waals surface area contributed by atoms with E-state index in [2.05, 4.69) is 21.7 Å². The zero-order chi connectivity index (χ0) is 10.4. The Morgan fingerprint density at radius 1 is 1.64 bits per heavy atom. The van der Waals surface area contributed by atoms with Gasteiger partial charge < -0.3 is 4.74 Å². The fourth-order valence-corrected chi connectivity index (χ4v) is 0.887. The maximum atomic E-state index is 10.9. The second kappa shape index (κ2) is 5.07. The number of carbonyl (C=O) groups excluding carboxylic acids is 1. The van der Waals surface area contributed by atoms with Gasteiger partial charge >= 0.3 is 5.97 Å². The van der Waals surface area contributed by atoms with Gasteiger partial charge in [0.05, 0.1) is 6.61 Å². The lowest BCUT2D eigenvalue weighted by molar-refractivity contribution is -0.136. The molecular weight excluding hydrogens is 180 g/mol. The van der Waals surface area contributed by atoms with E-state index in [9.17, 15) is 4.79 Å². The fraction of sp³-hybridized carbons (Fsp3) is 0.400. The molecule has 0 atom stereocenters. The Balaban J connectivity index is 2.62. The molecular formula is C10H12N2O2. The first kappa shape index (κ1) is 10.3. The lowest BCUT2D eigenvalue weighted by Crippen LogP contribution is -1.99. The van der Waals surface area contributed by atoms with Crippen LogP contribution in [0.3, 0.4) is 0 Å². The van der Waals surface area contributed by atoms with Gasteiger partial charge in [0.1, 0.15) is 5.69 Å². The molecule has 0 saturated carbocycles. The number of aromatic nitrogens is 2. The molecule has 1 heterocycles. The number of esters is 1. The van der Waals surface area contributed by atoms with Crippen LogP contribution >= 0.6 is 0 Å². The first-order chi connectivity index (χ1) is 6.76. The van der Waals surface area contributed by atoms with E-state index < -0.39 is 5.97 Å². The molecule has 74 valence electrons. The van der Waals surface area contributed by atoms with Crippen LogP contribution in [0.15, 0.2) is 12.3 Å². The van der Waals surface area contributed by atoms with E-state index >= 15 is 0 Å². The molecule has 4 nitrogen and oxygen atoms in total. The highest BCUT2D eigenvalue weighted by Crippen LogP contribution is 1.92. The quantitative estimate of drug-likeness (QED) is 0.514. The van der Waals surface area contributed by atoms with Crippen molar-refractivity contribution in [2.75, 3.05) is 6.61 Å². The second-order valence-corrected chi connectivity index (χ2v) is 2.53. The number of ether oxygens (including phenoxy) is 1. The van der Waals surface area contributed by atoms with Crippen LogP contribution in [0.5, 0.6) is 0 Å². The minimum absolute atomic E-state index is 0.344. The molecule has 1 rings (SSSR count). The van der Waals surface area contributed by atoms with Crippen molar-refractivity contribution in [3.05, 3.63) is 18.0 Å². The van der Waals surface area contributed by atoms with Gasteiger partial charge in [0.25, 0.3) is 0 Å².